The predicted octanol–water partition coefficient (Wildman–Crippen LogP) is 4.55. The molecular weight excluding hydrogens is 452 g/mol. The Morgan fingerprint density at radius 3 is 2.12 bits per heavy atom. The molecule has 0 bridgehead atoms. The highest BCUT2D eigenvalue weighted by Crippen LogP contribution is 2.44. The van der Waals surface area contributed by atoms with E-state index in [9.17, 15) is 19.5 Å². The Kier molecular flexibility index (Phi) is 6.98. The number of hydrogen-bond donors (Lipinski definition) is 3. The summed E-state index contributed by atoms with van der Waals surface area (Å²) in [5, 5.41) is 16.4. The maximum absolute atomic E-state index is 12.9. The molecule has 1 aromatic heterocycles. The van der Waals surface area contributed by atoms with Crippen molar-refractivity contribution >= 4 is 29.3 Å². The highest BCUT2D eigenvalue weighted by Gasteiger charge is 2.31. The van der Waals surface area contributed by atoms with Gasteiger partial charge in [-0.05, 0) is 47.5 Å². The van der Waals surface area contributed by atoms with Gasteiger partial charge in [-0.3, -0.25) is 9.59 Å². The molecule has 1 aliphatic rings. The van der Waals surface area contributed by atoms with Crippen LogP contribution in [0.25, 0.3) is 11.1 Å². The number of benzene rings is 2. The lowest BCUT2D eigenvalue weighted by atomic mass is 9.98. The van der Waals surface area contributed by atoms with Gasteiger partial charge in [-0.25, -0.2) is 4.79 Å². The fraction of sp³-hybridized carbons (Fsp3) is 0.269. The number of alkyl carbamates (subject to hydrolysis) is 1. The smallest absolute Gasteiger partial charge is 0.408 e. The van der Waals surface area contributed by atoms with Gasteiger partial charge in [-0.15, -0.1) is 11.3 Å². The zero-order valence-corrected chi connectivity index (χ0v) is 19.7. The summed E-state index contributed by atoms with van der Waals surface area (Å²) in [7, 11) is 0. The summed E-state index contributed by atoms with van der Waals surface area (Å²) < 4.78 is 5.59. The van der Waals surface area contributed by atoms with Crippen LogP contribution in [0.15, 0.2) is 66.0 Å². The van der Waals surface area contributed by atoms with E-state index >= 15 is 0 Å². The van der Waals surface area contributed by atoms with Gasteiger partial charge >= 0.3 is 12.1 Å². The molecule has 34 heavy (non-hydrogen) atoms. The number of aliphatic carboxylic acids is 1. The molecule has 1 heterocycles. The Labute approximate surface area is 201 Å². The van der Waals surface area contributed by atoms with Crippen molar-refractivity contribution in [1.82, 2.24) is 10.6 Å². The van der Waals surface area contributed by atoms with E-state index < -0.39 is 36.0 Å². The zero-order valence-electron chi connectivity index (χ0n) is 18.9. The largest absolute Gasteiger partial charge is 0.481 e. The lowest BCUT2D eigenvalue weighted by Crippen LogP contribution is -2.46. The molecule has 0 saturated heterocycles. The molecule has 3 aromatic rings. The first-order chi connectivity index (χ1) is 16.4. The van der Waals surface area contributed by atoms with Crippen molar-refractivity contribution in [3.8, 4) is 11.1 Å². The summed E-state index contributed by atoms with van der Waals surface area (Å²) in [6.07, 6.45) is -0.714. The highest BCUT2D eigenvalue weighted by molar-refractivity contribution is 7.10. The third kappa shape index (κ3) is 4.82. The minimum atomic E-state index is -1.01. The number of hydrogen-bond acceptors (Lipinski definition) is 5. The van der Waals surface area contributed by atoms with Crippen molar-refractivity contribution in [2.24, 2.45) is 5.92 Å². The SMILES string of the molecule is CC(NC(=O)C(NC(=O)OCC1c2ccccc2-c2ccccc21)c1cccs1)C(C)C(=O)O. The monoisotopic (exact) mass is 478 g/mol. The lowest BCUT2D eigenvalue weighted by molar-refractivity contribution is -0.142. The molecule has 8 heteroatoms. The van der Waals surface area contributed by atoms with Gasteiger partial charge in [0.1, 0.15) is 12.6 Å². The summed E-state index contributed by atoms with van der Waals surface area (Å²) in [4.78, 5) is 37.6. The number of carbonyl (C=O) groups is 3. The summed E-state index contributed by atoms with van der Waals surface area (Å²) in [5.74, 6) is -2.37. The lowest BCUT2D eigenvalue weighted by Gasteiger charge is -2.23. The van der Waals surface area contributed by atoms with Gasteiger partial charge in [0.25, 0.3) is 0 Å². The summed E-state index contributed by atoms with van der Waals surface area (Å²) in [6, 6.07) is 18.0. The van der Waals surface area contributed by atoms with Crippen molar-refractivity contribution in [3.05, 3.63) is 82.0 Å². The van der Waals surface area contributed by atoms with Gasteiger partial charge in [-0.2, -0.15) is 0 Å². The van der Waals surface area contributed by atoms with Crippen LogP contribution in [0.4, 0.5) is 4.79 Å². The first kappa shape index (κ1) is 23.5. The molecule has 7 nitrogen and oxygen atoms in total. The van der Waals surface area contributed by atoms with Crippen LogP contribution in [0, 0.1) is 5.92 Å². The second-order valence-electron chi connectivity index (χ2n) is 8.34. The van der Waals surface area contributed by atoms with E-state index in [2.05, 4.69) is 22.8 Å². The molecule has 3 atom stereocenters. The van der Waals surface area contributed by atoms with E-state index in [1.54, 1.807) is 24.4 Å². The molecule has 1 aliphatic carbocycles. The molecule has 2 amide bonds. The molecule has 0 radical (unpaired) electrons. The Bertz CT molecular complexity index is 1150. The van der Waals surface area contributed by atoms with Crippen LogP contribution < -0.4 is 10.6 Å². The van der Waals surface area contributed by atoms with Crippen LogP contribution >= 0.6 is 11.3 Å². The van der Waals surface area contributed by atoms with Crippen LogP contribution in [0.2, 0.25) is 0 Å². The standard InChI is InChI=1S/C26H26N2O5S/c1-15(25(30)31)16(2)27-24(29)23(22-12-7-13-34-22)28-26(32)33-14-21-19-10-5-3-8-17(19)18-9-4-6-11-20(18)21/h3-13,15-16,21,23H,14H2,1-2H3,(H,27,29)(H,28,32)(H,30,31). The van der Waals surface area contributed by atoms with Crippen LogP contribution in [-0.2, 0) is 14.3 Å². The van der Waals surface area contributed by atoms with Crippen LogP contribution in [0.3, 0.4) is 0 Å². The molecule has 0 aliphatic heterocycles. The molecule has 0 saturated carbocycles. The van der Waals surface area contributed by atoms with E-state index in [0.29, 0.717) is 4.88 Å². The maximum atomic E-state index is 12.9. The molecule has 3 N–H and O–H groups in total. The minimum Gasteiger partial charge on any atom is -0.481 e. The van der Waals surface area contributed by atoms with Crippen LogP contribution in [-0.4, -0.2) is 35.7 Å². The van der Waals surface area contributed by atoms with Crippen molar-refractivity contribution in [1.29, 1.82) is 0 Å². The van der Waals surface area contributed by atoms with E-state index in [4.69, 9.17) is 4.74 Å². The average molecular weight is 479 g/mol. The molecule has 4 rings (SSSR count). The van der Waals surface area contributed by atoms with Crippen molar-refractivity contribution in [3.63, 3.8) is 0 Å². The number of amides is 2. The number of rotatable bonds is 8. The fourth-order valence-electron chi connectivity index (χ4n) is 4.13. The van der Waals surface area contributed by atoms with Gasteiger partial charge < -0.3 is 20.5 Å². The molecule has 0 fully saturated rings. The summed E-state index contributed by atoms with van der Waals surface area (Å²) in [6.45, 7) is 3.27. The van der Waals surface area contributed by atoms with Gasteiger partial charge in [0.2, 0.25) is 5.91 Å². The Hall–Kier alpha value is -3.65. The van der Waals surface area contributed by atoms with Gasteiger partial charge in [0, 0.05) is 16.8 Å². The third-order valence-electron chi connectivity index (χ3n) is 6.21. The number of carboxylic acids is 1. The summed E-state index contributed by atoms with van der Waals surface area (Å²) in [5.41, 5.74) is 4.45. The van der Waals surface area contributed by atoms with Crippen LogP contribution in [0.5, 0.6) is 0 Å². The number of carboxylic acid groups (broad SMARTS) is 1. The Morgan fingerprint density at radius 1 is 0.941 bits per heavy atom. The zero-order chi connectivity index (χ0) is 24.2. The number of nitrogens with one attached hydrogen (secondary N) is 2. The second kappa shape index (κ2) is 10.1. The number of carbonyl (C=O) groups excluding carboxylic acids is 2. The molecular formula is C26H26N2O5S. The molecule has 176 valence electrons. The van der Waals surface area contributed by atoms with E-state index in [1.165, 1.54) is 18.3 Å². The Morgan fingerprint density at radius 2 is 1.56 bits per heavy atom. The Balaban J connectivity index is 1.45. The van der Waals surface area contributed by atoms with E-state index in [-0.39, 0.29) is 12.5 Å². The third-order valence-corrected chi connectivity index (χ3v) is 7.14. The van der Waals surface area contributed by atoms with E-state index in [1.807, 2.05) is 36.4 Å². The molecule has 2 aromatic carbocycles. The minimum absolute atomic E-state index is 0.0939. The number of fused-ring (bicyclic) bond motifs is 3. The molecule has 3 unspecified atom stereocenters. The number of ether oxygens (including phenoxy) is 1. The second-order valence-corrected chi connectivity index (χ2v) is 9.32. The maximum Gasteiger partial charge on any atom is 0.408 e. The quantitative estimate of drug-likeness (QED) is 0.440. The van der Waals surface area contributed by atoms with Crippen molar-refractivity contribution < 1.29 is 24.2 Å². The molecule has 0 spiro atoms. The summed E-state index contributed by atoms with van der Waals surface area (Å²) >= 11 is 1.32. The van der Waals surface area contributed by atoms with Crippen molar-refractivity contribution in [2.75, 3.05) is 6.61 Å². The van der Waals surface area contributed by atoms with Gasteiger partial charge in [-0.1, -0.05) is 54.6 Å². The average Bonchev–Trinajstić information content (AvgIpc) is 3.47. The van der Waals surface area contributed by atoms with Gasteiger partial charge in [0.15, 0.2) is 0 Å². The van der Waals surface area contributed by atoms with Gasteiger partial charge in [0.05, 0.1) is 5.92 Å². The first-order valence-corrected chi connectivity index (χ1v) is 11.9. The topological polar surface area (TPSA) is 105 Å². The van der Waals surface area contributed by atoms with Crippen molar-refractivity contribution in [2.45, 2.75) is 31.8 Å². The fourth-order valence-corrected chi connectivity index (χ4v) is 4.90. The first-order valence-electron chi connectivity index (χ1n) is 11.0. The predicted molar refractivity (Wildman–Crippen MR) is 130 cm³/mol. The highest BCUT2D eigenvalue weighted by atomic mass is 32.1. The van der Waals surface area contributed by atoms with E-state index in [0.717, 1.165) is 22.3 Å². The number of thiophene rings is 1. The van der Waals surface area contributed by atoms with Crippen LogP contribution in [0.1, 0.15) is 41.8 Å². The normalized spacial score (nSPS) is 14.9.